The molecule has 0 aromatic heterocycles. The molecule has 4 nitrogen and oxygen atoms in total. The number of hydrogen-bond donors (Lipinski definition) is 2. The number of hydrogen-bond acceptors (Lipinski definition) is 4. The molecule has 29 heavy (non-hydrogen) atoms. The first-order valence-electron chi connectivity index (χ1n) is 9.83. The van der Waals surface area contributed by atoms with Gasteiger partial charge in [0.1, 0.15) is 0 Å². The highest BCUT2D eigenvalue weighted by molar-refractivity contribution is 5.44. The summed E-state index contributed by atoms with van der Waals surface area (Å²) in [4.78, 5) is 0. The van der Waals surface area contributed by atoms with Gasteiger partial charge in [-0.1, -0.05) is 38.1 Å². The van der Waals surface area contributed by atoms with Crippen LogP contribution in [0, 0.1) is 29.9 Å². The number of ether oxygens (including phenoxy) is 1. The Kier molecular flexibility index (Phi) is 8.27. The van der Waals surface area contributed by atoms with Gasteiger partial charge in [0.2, 0.25) is 0 Å². The lowest BCUT2D eigenvalue weighted by molar-refractivity contribution is -0.113. The van der Waals surface area contributed by atoms with Crippen LogP contribution in [0.15, 0.2) is 30.3 Å². The molecule has 1 aliphatic heterocycles. The average molecular weight is 403 g/mol. The van der Waals surface area contributed by atoms with Gasteiger partial charge in [-0.25, -0.2) is 8.78 Å². The molecule has 6 heteroatoms. The van der Waals surface area contributed by atoms with E-state index in [0.717, 1.165) is 5.56 Å². The van der Waals surface area contributed by atoms with Gasteiger partial charge in [0.25, 0.3) is 0 Å². The van der Waals surface area contributed by atoms with E-state index in [2.05, 4.69) is 6.07 Å². The SMILES string of the molecule is CC.Cc1ccc(Cc2cc([C@H]3C[C@@H](O)C[C@@H](CO)O3)ccc2C#N)c(F)c1F. The molecule has 1 fully saturated rings. The van der Waals surface area contributed by atoms with Crippen LogP contribution in [-0.4, -0.2) is 29.0 Å². The summed E-state index contributed by atoms with van der Waals surface area (Å²) in [6, 6.07) is 10.2. The van der Waals surface area contributed by atoms with Gasteiger partial charge in [0, 0.05) is 19.3 Å². The Balaban J connectivity index is 0.00000145. The first-order valence-corrected chi connectivity index (χ1v) is 9.83. The Bertz CT molecular complexity index is 879. The molecule has 2 aromatic carbocycles. The van der Waals surface area contributed by atoms with E-state index in [1.165, 1.54) is 19.1 Å². The number of aryl methyl sites for hydroxylation is 1. The van der Waals surface area contributed by atoms with Crippen molar-refractivity contribution >= 4 is 0 Å². The third-order valence-corrected chi connectivity index (χ3v) is 4.94. The Hall–Kier alpha value is -2.33. The summed E-state index contributed by atoms with van der Waals surface area (Å²) >= 11 is 0. The summed E-state index contributed by atoms with van der Waals surface area (Å²) in [5.74, 6) is -1.79. The van der Waals surface area contributed by atoms with Gasteiger partial charge in [-0.05, 0) is 35.2 Å². The fraction of sp³-hybridized carbons (Fsp3) is 0.435. The van der Waals surface area contributed by atoms with E-state index in [9.17, 15) is 24.3 Å². The van der Waals surface area contributed by atoms with E-state index >= 15 is 0 Å². The van der Waals surface area contributed by atoms with Gasteiger partial charge in [-0.2, -0.15) is 5.26 Å². The quantitative estimate of drug-likeness (QED) is 0.797. The van der Waals surface area contributed by atoms with Crippen molar-refractivity contribution in [2.45, 2.75) is 58.3 Å². The first-order chi connectivity index (χ1) is 13.9. The van der Waals surface area contributed by atoms with Crippen molar-refractivity contribution in [3.8, 4) is 6.07 Å². The molecule has 3 rings (SSSR count). The number of halogens is 2. The number of nitrogens with zero attached hydrogens (tertiary/aromatic N) is 1. The summed E-state index contributed by atoms with van der Waals surface area (Å²) in [6.07, 6.45) is -0.681. The minimum Gasteiger partial charge on any atom is -0.394 e. The summed E-state index contributed by atoms with van der Waals surface area (Å²) in [5.41, 5.74) is 2.06. The molecule has 3 atom stereocenters. The Morgan fingerprint density at radius 3 is 2.48 bits per heavy atom. The van der Waals surface area contributed by atoms with Gasteiger partial charge < -0.3 is 14.9 Å². The minimum atomic E-state index is -0.908. The smallest absolute Gasteiger partial charge is 0.162 e. The third kappa shape index (κ3) is 5.39. The van der Waals surface area contributed by atoms with Gasteiger partial charge in [-0.3, -0.25) is 0 Å². The molecule has 0 radical (unpaired) electrons. The highest BCUT2D eigenvalue weighted by Crippen LogP contribution is 2.33. The normalized spacial score (nSPS) is 21.1. The highest BCUT2D eigenvalue weighted by Gasteiger charge is 2.29. The molecule has 1 saturated heterocycles. The maximum atomic E-state index is 14.2. The van der Waals surface area contributed by atoms with E-state index in [1.807, 2.05) is 13.8 Å². The Labute approximate surface area is 170 Å². The predicted octanol–water partition coefficient (Wildman–Crippen LogP) is 4.34. The second-order valence-electron chi connectivity index (χ2n) is 6.93. The van der Waals surface area contributed by atoms with Crippen molar-refractivity contribution in [1.82, 2.24) is 0 Å². The van der Waals surface area contributed by atoms with Crippen molar-refractivity contribution in [3.63, 3.8) is 0 Å². The second kappa shape index (κ2) is 10.4. The van der Waals surface area contributed by atoms with Crippen LogP contribution in [-0.2, 0) is 11.2 Å². The van der Waals surface area contributed by atoms with E-state index in [0.29, 0.717) is 24.0 Å². The number of rotatable bonds is 4. The molecule has 2 aromatic rings. The largest absolute Gasteiger partial charge is 0.394 e. The van der Waals surface area contributed by atoms with Crippen LogP contribution in [0.3, 0.4) is 0 Å². The molecule has 0 unspecified atom stereocenters. The number of nitriles is 1. The van der Waals surface area contributed by atoms with E-state index in [4.69, 9.17) is 4.74 Å². The Morgan fingerprint density at radius 1 is 1.10 bits per heavy atom. The molecule has 0 aliphatic carbocycles. The number of aliphatic hydroxyl groups is 2. The highest BCUT2D eigenvalue weighted by atomic mass is 19.2. The zero-order chi connectivity index (χ0) is 21.6. The van der Waals surface area contributed by atoms with Crippen molar-refractivity contribution in [2.24, 2.45) is 0 Å². The molecule has 156 valence electrons. The monoisotopic (exact) mass is 403 g/mol. The molecule has 0 bridgehead atoms. The van der Waals surface area contributed by atoms with Gasteiger partial charge in [0.15, 0.2) is 11.6 Å². The lowest BCUT2D eigenvalue weighted by Crippen LogP contribution is -2.33. The van der Waals surface area contributed by atoms with E-state index in [1.54, 1.807) is 18.2 Å². The fourth-order valence-corrected chi connectivity index (χ4v) is 3.42. The van der Waals surface area contributed by atoms with Crippen LogP contribution in [0.25, 0.3) is 0 Å². The molecule has 0 saturated carbocycles. The van der Waals surface area contributed by atoms with Crippen molar-refractivity contribution in [3.05, 3.63) is 69.8 Å². The van der Waals surface area contributed by atoms with Crippen LogP contribution in [0.2, 0.25) is 0 Å². The van der Waals surface area contributed by atoms with Crippen LogP contribution in [0.1, 0.15) is 60.6 Å². The third-order valence-electron chi connectivity index (χ3n) is 4.94. The maximum Gasteiger partial charge on any atom is 0.162 e. The standard InChI is InChI=1S/C21H21F2NO3.C2H6/c1-12-2-3-14(21(23)20(12)22)7-16-6-13(4-5-15(16)10-24)19-9-17(26)8-18(11-25)27-19;1-2/h2-6,17-19,25-26H,7-9,11H2,1H3;1-2H3/t17-,18-,19+;/m0./s1. The molecule has 0 amide bonds. The summed E-state index contributed by atoms with van der Waals surface area (Å²) < 4.78 is 33.9. The molecular weight excluding hydrogens is 376 g/mol. The number of benzene rings is 2. The van der Waals surface area contributed by atoms with Crippen LogP contribution in [0.4, 0.5) is 8.78 Å². The van der Waals surface area contributed by atoms with E-state index in [-0.39, 0.29) is 24.2 Å². The molecule has 0 spiro atoms. The molecule has 1 aliphatic rings. The van der Waals surface area contributed by atoms with Crippen LogP contribution >= 0.6 is 0 Å². The van der Waals surface area contributed by atoms with Crippen LogP contribution in [0.5, 0.6) is 0 Å². The molecule has 1 heterocycles. The van der Waals surface area contributed by atoms with E-state index < -0.39 is 29.9 Å². The lowest BCUT2D eigenvalue weighted by Gasteiger charge is -2.32. The summed E-state index contributed by atoms with van der Waals surface area (Å²) in [7, 11) is 0. The second-order valence-corrected chi connectivity index (χ2v) is 6.93. The van der Waals surface area contributed by atoms with Crippen molar-refractivity contribution in [2.75, 3.05) is 6.61 Å². The van der Waals surface area contributed by atoms with Crippen LogP contribution < -0.4 is 0 Å². The summed E-state index contributed by atoms with van der Waals surface area (Å²) in [6.45, 7) is 5.30. The van der Waals surface area contributed by atoms with Crippen molar-refractivity contribution in [1.29, 1.82) is 5.26 Å². The minimum absolute atomic E-state index is 0.0679. The molecule has 2 N–H and O–H groups in total. The zero-order valence-electron chi connectivity index (χ0n) is 17.0. The molecular formula is C23H27F2NO3. The van der Waals surface area contributed by atoms with Gasteiger partial charge in [0.05, 0.1) is 36.6 Å². The Morgan fingerprint density at radius 2 is 1.83 bits per heavy atom. The predicted molar refractivity (Wildman–Crippen MR) is 106 cm³/mol. The zero-order valence-corrected chi connectivity index (χ0v) is 17.0. The average Bonchev–Trinajstić information content (AvgIpc) is 2.75. The fourth-order valence-electron chi connectivity index (χ4n) is 3.42. The topological polar surface area (TPSA) is 73.5 Å². The summed E-state index contributed by atoms with van der Waals surface area (Å²) in [5, 5.41) is 28.7. The van der Waals surface area contributed by atoms with Crippen molar-refractivity contribution < 1.29 is 23.7 Å². The van der Waals surface area contributed by atoms with Gasteiger partial charge in [-0.15, -0.1) is 0 Å². The van der Waals surface area contributed by atoms with Gasteiger partial charge >= 0.3 is 0 Å². The number of aliphatic hydroxyl groups excluding tert-OH is 2. The first kappa shape index (κ1) is 23.0. The maximum absolute atomic E-state index is 14.2. The lowest BCUT2D eigenvalue weighted by atomic mass is 9.92.